The van der Waals surface area contributed by atoms with Gasteiger partial charge in [-0.15, -0.1) is 0 Å². The van der Waals surface area contributed by atoms with Crippen LogP contribution in [-0.4, -0.2) is 43.9 Å². The molecule has 0 unspecified atom stereocenters. The van der Waals surface area contributed by atoms with Gasteiger partial charge < -0.3 is 4.90 Å². The first kappa shape index (κ1) is 14.7. The fraction of sp³-hybridized carbons (Fsp3) is 0.429. The molecule has 0 aromatic heterocycles. The SMILES string of the molecule is CC(=O)[C@H]1CCCN1C(=O)c1cccc(S(C)(=O)=O)c1. The van der Waals surface area contributed by atoms with Crippen molar-refractivity contribution in [2.75, 3.05) is 12.8 Å². The lowest BCUT2D eigenvalue weighted by Crippen LogP contribution is -2.39. The Balaban J connectivity index is 2.32. The van der Waals surface area contributed by atoms with E-state index in [1.54, 1.807) is 12.1 Å². The lowest BCUT2D eigenvalue weighted by atomic mass is 10.1. The van der Waals surface area contributed by atoms with E-state index in [1.807, 2.05) is 0 Å². The topological polar surface area (TPSA) is 71.5 Å². The standard InChI is InChI=1S/C14H17NO4S/c1-10(16)13-7-4-8-15(13)14(17)11-5-3-6-12(9-11)20(2,18)19/h3,5-6,9,13H,4,7-8H2,1-2H3/t13-/m1/s1. The Morgan fingerprint density at radius 2 is 2.00 bits per heavy atom. The van der Waals surface area contributed by atoms with Crippen LogP contribution in [0.3, 0.4) is 0 Å². The summed E-state index contributed by atoms with van der Waals surface area (Å²) in [7, 11) is -3.35. The zero-order chi connectivity index (χ0) is 14.9. The van der Waals surface area contributed by atoms with E-state index in [-0.39, 0.29) is 22.6 Å². The van der Waals surface area contributed by atoms with E-state index in [4.69, 9.17) is 0 Å². The van der Waals surface area contributed by atoms with E-state index in [0.29, 0.717) is 18.5 Å². The van der Waals surface area contributed by atoms with Crippen molar-refractivity contribution in [1.29, 1.82) is 0 Å². The lowest BCUT2D eigenvalue weighted by molar-refractivity contribution is -0.120. The van der Waals surface area contributed by atoms with Crippen LogP contribution >= 0.6 is 0 Å². The third-order valence-corrected chi connectivity index (χ3v) is 4.60. The number of amides is 1. The largest absolute Gasteiger partial charge is 0.329 e. The van der Waals surface area contributed by atoms with Gasteiger partial charge >= 0.3 is 0 Å². The fourth-order valence-electron chi connectivity index (χ4n) is 2.46. The number of rotatable bonds is 3. The normalized spacial score (nSPS) is 19.1. The van der Waals surface area contributed by atoms with Gasteiger partial charge in [-0.3, -0.25) is 9.59 Å². The van der Waals surface area contributed by atoms with Gasteiger partial charge in [-0.2, -0.15) is 0 Å². The molecule has 0 bridgehead atoms. The molecule has 1 aromatic rings. The maximum atomic E-state index is 12.4. The van der Waals surface area contributed by atoms with Crippen LogP contribution in [0.4, 0.5) is 0 Å². The number of Topliss-reactive ketones (excluding diaryl/α,β-unsaturated/α-hetero) is 1. The second kappa shape index (κ2) is 5.36. The first-order chi connectivity index (χ1) is 9.30. The number of carbonyl (C=O) groups is 2. The number of hydrogen-bond acceptors (Lipinski definition) is 4. The van der Waals surface area contributed by atoms with E-state index in [2.05, 4.69) is 0 Å². The summed E-state index contributed by atoms with van der Waals surface area (Å²) in [6.45, 7) is 2.01. The maximum absolute atomic E-state index is 12.4. The first-order valence-electron chi connectivity index (χ1n) is 6.42. The Morgan fingerprint density at radius 3 is 2.60 bits per heavy atom. The number of carbonyl (C=O) groups excluding carboxylic acids is 2. The van der Waals surface area contributed by atoms with E-state index >= 15 is 0 Å². The summed E-state index contributed by atoms with van der Waals surface area (Å²) in [5, 5.41) is 0. The van der Waals surface area contributed by atoms with Crippen molar-refractivity contribution in [1.82, 2.24) is 4.90 Å². The van der Waals surface area contributed by atoms with E-state index in [0.717, 1.165) is 12.7 Å². The van der Waals surface area contributed by atoms with Crippen LogP contribution in [0.1, 0.15) is 30.1 Å². The summed E-state index contributed by atoms with van der Waals surface area (Å²) in [4.78, 5) is 25.6. The third-order valence-electron chi connectivity index (χ3n) is 3.49. The molecule has 108 valence electrons. The molecule has 1 aliphatic heterocycles. The minimum absolute atomic E-state index is 0.0323. The molecule has 1 atom stereocenters. The number of benzene rings is 1. The molecule has 6 heteroatoms. The van der Waals surface area contributed by atoms with Crippen molar-refractivity contribution in [2.45, 2.75) is 30.7 Å². The van der Waals surface area contributed by atoms with Gasteiger partial charge in [0, 0.05) is 18.4 Å². The fourth-order valence-corrected chi connectivity index (χ4v) is 3.12. The van der Waals surface area contributed by atoms with Gasteiger partial charge in [0.05, 0.1) is 10.9 Å². The van der Waals surface area contributed by atoms with Gasteiger partial charge in [0.1, 0.15) is 0 Å². The van der Waals surface area contributed by atoms with E-state index in [9.17, 15) is 18.0 Å². The summed E-state index contributed by atoms with van der Waals surface area (Å²) < 4.78 is 23.0. The van der Waals surface area contributed by atoms with Gasteiger partial charge in [0.25, 0.3) is 5.91 Å². The molecule has 1 fully saturated rings. The van der Waals surface area contributed by atoms with E-state index < -0.39 is 9.84 Å². The predicted molar refractivity (Wildman–Crippen MR) is 74.3 cm³/mol. The highest BCUT2D eigenvalue weighted by atomic mass is 32.2. The molecule has 2 rings (SSSR count). The number of nitrogens with zero attached hydrogens (tertiary/aromatic N) is 1. The average molecular weight is 295 g/mol. The molecular formula is C14H17NO4S. The van der Waals surface area contributed by atoms with Crippen LogP contribution in [-0.2, 0) is 14.6 Å². The Labute approximate surface area is 118 Å². The quantitative estimate of drug-likeness (QED) is 0.842. The Morgan fingerprint density at radius 1 is 1.30 bits per heavy atom. The number of sulfone groups is 1. The van der Waals surface area contributed by atoms with Crippen LogP contribution in [0.15, 0.2) is 29.2 Å². The Bertz CT molecular complexity index is 651. The van der Waals surface area contributed by atoms with Crippen LogP contribution < -0.4 is 0 Å². The third kappa shape index (κ3) is 2.90. The van der Waals surface area contributed by atoms with Crippen molar-refractivity contribution in [2.24, 2.45) is 0 Å². The second-order valence-corrected chi connectivity index (χ2v) is 7.08. The zero-order valence-electron chi connectivity index (χ0n) is 11.5. The monoisotopic (exact) mass is 295 g/mol. The number of hydrogen-bond donors (Lipinski definition) is 0. The summed E-state index contributed by atoms with van der Waals surface area (Å²) in [6.07, 6.45) is 2.57. The molecule has 0 spiro atoms. The molecule has 1 amide bonds. The molecule has 1 aromatic carbocycles. The first-order valence-corrected chi connectivity index (χ1v) is 8.31. The molecule has 5 nitrogen and oxygen atoms in total. The van der Waals surface area contributed by atoms with Gasteiger partial charge in [0.2, 0.25) is 0 Å². The highest BCUT2D eigenvalue weighted by Gasteiger charge is 2.32. The van der Waals surface area contributed by atoms with Crippen molar-refractivity contribution in [3.8, 4) is 0 Å². The Hall–Kier alpha value is -1.69. The predicted octanol–water partition coefficient (Wildman–Crippen LogP) is 1.28. The minimum Gasteiger partial charge on any atom is -0.329 e. The summed E-state index contributed by atoms with van der Waals surface area (Å²) in [6, 6.07) is 5.56. The molecule has 0 aliphatic carbocycles. The molecule has 0 radical (unpaired) electrons. The van der Waals surface area contributed by atoms with Crippen LogP contribution in [0.25, 0.3) is 0 Å². The van der Waals surface area contributed by atoms with Crippen molar-refractivity contribution >= 4 is 21.5 Å². The van der Waals surface area contributed by atoms with Gasteiger partial charge in [-0.05, 0) is 38.0 Å². The molecule has 1 saturated heterocycles. The van der Waals surface area contributed by atoms with Gasteiger partial charge in [-0.25, -0.2) is 8.42 Å². The van der Waals surface area contributed by atoms with Gasteiger partial charge in [0.15, 0.2) is 15.6 Å². The van der Waals surface area contributed by atoms with Crippen LogP contribution in [0.5, 0.6) is 0 Å². The van der Waals surface area contributed by atoms with Gasteiger partial charge in [-0.1, -0.05) is 6.07 Å². The van der Waals surface area contributed by atoms with Crippen LogP contribution in [0.2, 0.25) is 0 Å². The average Bonchev–Trinajstić information content (AvgIpc) is 2.86. The summed E-state index contributed by atoms with van der Waals surface area (Å²) in [5.74, 6) is -0.316. The van der Waals surface area contributed by atoms with E-state index in [1.165, 1.54) is 24.0 Å². The highest BCUT2D eigenvalue weighted by Crippen LogP contribution is 2.22. The number of likely N-dealkylation sites (tertiary alicyclic amines) is 1. The van der Waals surface area contributed by atoms with Crippen molar-refractivity contribution in [3.05, 3.63) is 29.8 Å². The smallest absolute Gasteiger partial charge is 0.254 e. The molecule has 20 heavy (non-hydrogen) atoms. The summed E-state index contributed by atoms with van der Waals surface area (Å²) in [5.41, 5.74) is 0.307. The summed E-state index contributed by atoms with van der Waals surface area (Å²) >= 11 is 0. The van der Waals surface area contributed by atoms with Crippen LogP contribution in [0, 0.1) is 0 Å². The van der Waals surface area contributed by atoms with Crippen molar-refractivity contribution in [3.63, 3.8) is 0 Å². The van der Waals surface area contributed by atoms with Crippen molar-refractivity contribution < 1.29 is 18.0 Å². The minimum atomic E-state index is -3.35. The maximum Gasteiger partial charge on any atom is 0.254 e. The zero-order valence-corrected chi connectivity index (χ0v) is 12.3. The molecule has 0 N–H and O–H groups in total. The molecule has 1 heterocycles. The number of ketones is 1. The Kier molecular flexibility index (Phi) is 3.94. The molecular weight excluding hydrogens is 278 g/mol. The molecule has 0 saturated carbocycles. The second-order valence-electron chi connectivity index (χ2n) is 5.07. The lowest BCUT2D eigenvalue weighted by Gasteiger charge is -2.22. The highest BCUT2D eigenvalue weighted by molar-refractivity contribution is 7.90. The molecule has 1 aliphatic rings.